The van der Waals surface area contributed by atoms with E-state index in [0.29, 0.717) is 35.9 Å². The fourth-order valence-corrected chi connectivity index (χ4v) is 5.15. The molecule has 2 amide bonds. The summed E-state index contributed by atoms with van der Waals surface area (Å²) in [6, 6.07) is 19.7. The van der Waals surface area contributed by atoms with Crippen LogP contribution in [-0.4, -0.2) is 52.8 Å². The Kier molecular flexibility index (Phi) is 7.87. The molecule has 1 aliphatic carbocycles. The monoisotopic (exact) mass is 516 g/mol. The third-order valence-electron chi connectivity index (χ3n) is 7.21. The molecule has 6 nitrogen and oxygen atoms in total. The number of rotatable bonds is 4. The normalized spacial score (nSPS) is 17.1. The van der Waals surface area contributed by atoms with Crippen LogP contribution in [0.1, 0.15) is 46.4 Å². The third kappa shape index (κ3) is 6.20. The first-order valence-corrected chi connectivity index (χ1v) is 13.4. The molecule has 5 rings (SSSR count). The van der Waals surface area contributed by atoms with Gasteiger partial charge < -0.3 is 9.80 Å². The van der Waals surface area contributed by atoms with Gasteiger partial charge in [0.2, 0.25) is 5.91 Å². The number of hydrogen-bond donors (Lipinski definition) is 0. The van der Waals surface area contributed by atoms with Gasteiger partial charge in [-0.2, -0.15) is 0 Å². The fourth-order valence-electron chi connectivity index (χ4n) is 4.99. The molecule has 0 atom stereocenters. The highest BCUT2D eigenvalue weighted by Gasteiger charge is 2.35. The SMILES string of the molecule is Cc1ncccc1C(=O)N1CCN(Cc2ccccc2)CCCN(C(=O)C2CC2)c2cc(Cl)ccc2C1. The summed E-state index contributed by atoms with van der Waals surface area (Å²) in [5.41, 5.74) is 4.31. The number of aromatic nitrogens is 1. The zero-order chi connectivity index (χ0) is 25.8. The molecule has 0 radical (unpaired) electrons. The van der Waals surface area contributed by atoms with Crippen molar-refractivity contribution in [1.82, 2.24) is 14.8 Å². The summed E-state index contributed by atoms with van der Waals surface area (Å²) in [6.07, 6.45) is 4.43. The van der Waals surface area contributed by atoms with Crippen molar-refractivity contribution < 1.29 is 9.59 Å². The van der Waals surface area contributed by atoms with Crippen LogP contribution in [-0.2, 0) is 17.9 Å². The van der Waals surface area contributed by atoms with Crippen molar-refractivity contribution in [2.75, 3.05) is 31.1 Å². The van der Waals surface area contributed by atoms with Crippen LogP contribution in [0, 0.1) is 12.8 Å². The molecule has 1 aromatic heterocycles. The average molecular weight is 517 g/mol. The van der Waals surface area contributed by atoms with Gasteiger partial charge in [0.1, 0.15) is 0 Å². The zero-order valence-electron chi connectivity index (χ0n) is 21.3. The predicted molar refractivity (Wildman–Crippen MR) is 147 cm³/mol. The Morgan fingerprint density at radius 2 is 1.78 bits per heavy atom. The molecule has 1 fully saturated rings. The van der Waals surface area contributed by atoms with E-state index >= 15 is 0 Å². The highest BCUT2D eigenvalue weighted by atomic mass is 35.5. The molecule has 2 aliphatic rings. The summed E-state index contributed by atoms with van der Waals surface area (Å²) in [4.78, 5) is 37.8. The van der Waals surface area contributed by atoms with E-state index in [4.69, 9.17) is 11.6 Å². The highest BCUT2D eigenvalue weighted by molar-refractivity contribution is 6.31. The molecule has 0 spiro atoms. The number of nitrogens with zero attached hydrogens (tertiary/aromatic N) is 4. The lowest BCUT2D eigenvalue weighted by Gasteiger charge is -2.29. The molecule has 0 N–H and O–H groups in total. The van der Waals surface area contributed by atoms with E-state index in [2.05, 4.69) is 34.1 Å². The summed E-state index contributed by atoms with van der Waals surface area (Å²) in [5.74, 6) is 0.206. The molecular weight excluding hydrogens is 484 g/mol. The molecule has 192 valence electrons. The summed E-state index contributed by atoms with van der Waals surface area (Å²) in [5, 5.41) is 0.592. The third-order valence-corrected chi connectivity index (χ3v) is 7.44. The second kappa shape index (κ2) is 11.4. The van der Waals surface area contributed by atoms with Gasteiger partial charge in [0.15, 0.2) is 0 Å². The van der Waals surface area contributed by atoms with E-state index in [1.165, 1.54) is 5.56 Å². The number of carbonyl (C=O) groups is 2. The van der Waals surface area contributed by atoms with Crippen LogP contribution in [0.3, 0.4) is 0 Å². The zero-order valence-corrected chi connectivity index (χ0v) is 22.0. The van der Waals surface area contributed by atoms with Gasteiger partial charge in [-0.3, -0.25) is 19.5 Å². The minimum atomic E-state index is -0.0505. The van der Waals surface area contributed by atoms with Crippen LogP contribution < -0.4 is 4.90 Å². The maximum atomic E-state index is 13.8. The lowest BCUT2D eigenvalue weighted by atomic mass is 10.1. The molecule has 1 saturated carbocycles. The van der Waals surface area contributed by atoms with Crippen LogP contribution in [0.4, 0.5) is 5.69 Å². The molecule has 3 aromatic rings. The van der Waals surface area contributed by atoms with Gasteiger partial charge in [-0.05, 0) is 61.6 Å². The van der Waals surface area contributed by atoms with Gasteiger partial charge >= 0.3 is 0 Å². The van der Waals surface area contributed by atoms with E-state index < -0.39 is 0 Å². The Labute approximate surface area is 223 Å². The molecule has 1 aliphatic heterocycles. The van der Waals surface area contributed by atoms with Crippen molar-refractivity contribution in [2.24, 2.45) is 5.92 Å². The first kappa shape index (κ1) is 25.4. The van der Waals surface area contributed by atoms with Gasteiger partial charge in [0.05, 0.1) is 11.3 Å². The minimum Gasteiger partial charge on any atom is -0.333 e. The Hall–Kier alpha value is -3.22. The van der Waals surface area contributed by atoms with Crippen molar-refractivity contribution in [3.63, 3.8) is 0 Å². The van der Waals surface area contributed by atoms with E-state index in [1.807, 2.05) is 47.1 Å². The van der Waals surface area contributed by atoms with Crippen molar-refractivity contribution in [3.05, 3.63) is 94.3 Å². The summed E-state index contributed by atoms with van der Waals surface area (Å²) in [7, 11) is 0. The van der Waals surface area contributed by atoms with Gasteiger partial charge in [-0.1, -0.05) is 48.0 Å². The number of anilines is 1. The van der Waals surface area contributed by atoms with E-state index in [-0.39, 0.29) is 17.7 Å². The molecule has 2 aromatic carbocycles. The molecule has 0 bridgehead atoms. The molecular formula is C30H33ClN4O2. The summed E-state index contributed by atoms with van der Waals surface area (Å²) >= 11 is 6.44. The number of fused-ring (bicyclic) bond motifs is 1. The maximum Gasteiger partial charge on any atom is 0.256 e. The standard InChI is InChI=1S/C30H33ClN4O2/c1-22-27(9-5-14-32-22)30(37)34-18-17-33(20-23-7-3-2-4-8-23)15-6-16-35(29(36)24-10-11-24)28-19-26(31)13-12-25(28)21-34/h2-5,7-9,12-14,19,24H,6,10-11,15-18,20-21H2,1H3. The first-order chi connectivity index (χ1) is 18.0. The van der Waals surface area contributed by atoms with Gasteiger partial charge in [0.25, 0.3) is 5.91 Å². The number of carbonyl (C=O) groups excluding carboxylic acids is 2. The quantitative estimate of drug-likeness (QED) is 0.470. The Morgan fingerprint density at radius 1 is 0.973 bits per heavy atom. The van der Waals surface area contributed by atoms with Crippen LogP contribution in [0.2, 0.25) is 5.02 Å². The van der Waals surface area contributed by atoms with E-state index in [0.717, 1.165) is 50.1 Å². The molecule has 7 heteroatoms. The number of pyridine rings is 1. The predicted octanol–water partition coefficient (Wildman–Crippen LogP) is 5.33. The number of amides is 2. The van der Waals surface area contributed by atoms with E-state index in [9.17, 15) is 9.59 Å². The largest absolute Gasteiger partial charge is 0.333 e. The van der Waals surface area contributed by atoms with Gasteiger partial charge in [-0.15, -0.1) is 0 Å². The van der Waals surface area contributed by atoms with Crippen LogP contribution in [0.5, 0.6) is 0 Å². The van der Waals surface area contributed by atoms with Gasteiger partial charge in [-0.25, -0.2) is 0 Å². The van der Waals surface area contributed by atoms with Crippen molar-refractivity contribution in [2.45, 2.75) is 39.3 Å². The number of benzene rings is 2. The highest BCUT2D eigenvalue weighted by Crippen LogP contribution is 2.35. The lowest BCUT2D eigenvalue weighted by Crippen LogP contribution is -2.38. The van der Waals surface area contributed by atoms with Crippen molar-refractivity contribution in [1.29, 1.82) is 0 Å². The van der Waals surface area contributed by atoms with Crippen LogP contribution in [0.25, 0.3) is 0 Å². The molecule has 0 unspecified atom stereocenters. The number of aryl methyl sites for hydroxylation is 1. The Bertz CT molecular complexity index is 1260. The lowest BCUT2D eigenvalue weighted by molar-refractivity contribution is -0.119. The van der Waals surface area contributed by atoms with Crippen LogP contribution >= 0.6 is 11.6 Å². The average Bonchev–Trinajstić information content (AvgIpc) is 3.75. The second-order valence-electron chi connectivity index (χ2n) is 10.0. The fraction of sp³-hybridized carbons (Fsp3) is 0.367. The second-order valence-corrected chi connectivity index (χ2v) is 10.5. The molecule has 2 heterocycles. The number of halogens is 1. The van der Waals surface area contributed by atoms with Crippen molar-refractivity contribution >= 4 is 29.1 Å². The Morgan fingerprint density at radius 3 is 2.54 bits per heavy atom. The topological polar surface area (TPSA) is 56.8 Å². The van der Waals surface area contributed by atoms with Crippen molar-refractivity contribution in [3.8, 4) is 0 Å². The number of hydrogen-bond acceptors (Lipinski definition) is 4. The first-order valence-electron chi connectivity index (χ1n) is 13.1. The van der Waals surface area contributed by atoms with E-state index in [1.54, 1.807) is 12.3 Å². The van der Waals surface area contributed by atoms with Crippen LogP contribution in [0.15, 0.2) is 66.9 Å². The smallest absolute Gasteiger partial charge is 0.256 e. The summed E-state index contributed by atoms with van der Waals surface area (Å²) in [6.45, 7) is 5.82. The van der Waals surface area contributed by atoms with Gasteiger partial charge in [0, 0.05) is 62.1 Å². The maximum absolute atomic E-state index is 13.8. The Balaban J connectivity index is 1.50. The summed E-state index contributed by atoms with van der Waals surface area (Å²) < 4.78 is 0. The molecule has 37 heavy (non-hydrogen) atoms. The minimum absolute atomic E-state index is 0.0505. The molecule has 0 saturated heterocycles.